The van der Waals surface area contributed by atoms with Crippen molar-refractivity contribution >= 4 is 17.8 Å². The highest BCUT2D eigenvalue weighted by molar-refractivity contribution is 5.90. The maximum Gasteiger partial charge on any atom is 0.317 e. The van der Waals surface area contributed by atoms with Crippen molar-refractivity contribution < 1.29 is 14.3 Å². The third-order valence-corrected chi connectivity index (χ3v) is 3.87. The van der Waals surface area contributed by atoms with Gasteiger partial charge in [0, 0.05) is 38.9 Å². The summed E-state index contributed by atoms with van der Waals surface area (Å²) in [5, 5.41) is 5.50. The van der Waals surface area contributed by atoms with E-state index in [0.29, 0.717) is 25.5 Å². The maximum absolute atomic E-state index is 12.1. The number of carbonyl (C=O) groups excluding carboxylic acids is 2. The highest BCUT2D eigenvalue weighted by Gasteiger charge is 2.23. The number of nitrogens with one attached hydrogen (secondary N) is 2. The van der Waals surface area contributed by atoms with E-state index in [9.17, 15) is 9.59 Å². The molecule has 1 aliphatic rings. The minimum absolute atomic E-state index is 0.116. The summed E-state index contributed by atoms with van der Waals surface area (Å²) in [7, 11) is 0. The van der Waals surface area contributed by atoms with Crippen molar-refractivity contribution in [1.29, 1.82) is 0 Å². The summed E-state index contributed by atoms with van der Waals surface area (Å²) in [6.45, 7) is 6.19. The summed E-state index contributed by atoms with van der Waals surface area (Å²) in [6.07, 6.45) is 3.96. The molecule has 2 heterocycles. The van der Waals surface area contributed by atoms with Gasteiger partial charge in [-0.15, -0.1) is 0 Å². The van der Waals surface area contributed by atoms with Gasteiger partial charge in [-0.25, -0.2) is 9.78 Å². The summed E-state index contributed by atoms with van der Waals surface area (Å²) in [5.41, 5.74) is 1.03. The van der Waals surface area contributed by atoms with Crippen LogP contribution in [0.2, 0.25) is 0 Å². The summed E-state index contributed by atoms with van der Waals surface area (Å²) in [5.74, 6) is 0.352. The van der Waals surface area contributed by atoms with E-state index in [1.54, 1.807) is 17.2 Å². The van der Waals surface area contributed by atoms with Crippen LogP contribution in [0.1, 0.15) is 31.7 Å². The fourth-order valence-corrected chi connectivity index (χ4v) is 2.64. The molecule has 0 saturated carbocycles. The Morgan fingerprint density at radius 1 is 1.42 bits per heavy atom. The Morgan fingerprint density at radius 2 is 2.25 bits per heavy atom. The van der Waals surface area contributed by atoms with E-state index in [-0.39, 0.29) is 24.5 Å². The van der Waals surface area contributed by atoms with Crippen LogP contribution >= 0.6 is 0 Å². The number of likely N-dealkylation sites (tertiary alicyclic amines) is 1. The topological polar surface area (TPSA) is 83.6 Å². The lowest BCUT2D eigenvalue weighted by molar-refractivity contribution is -0.116. The zero-order valence-electron chi connectivity index (χ0n) is 14.4. The first-order chi connectivity index (χ1) is 11.6. The van der Waals surface area contributed by atoms with Crippen molar-refractivity contribution in [1.82, 2.24) is 15.2 Å². The predicted molar refractivity (Wildman–Crippen MR) is 91.8 cm³/mol. The van der Waals surface area contributed by atoms with E-state index in [0.717, 1.165) is 24.9 Å². The number of anilines is 1. The van der Waals surface area contributed by atoms with Crippen LogP contribution in [0.5, 0.6) is 0 Å². The molecule has 0 aromatic carbocycles. The van der Waals surface area contributed by atoms with Gasteiger partial charge in [0.05, 0.1) is 6.10 Å². The molecule has 132 valence electrons. The molecular weight excluding hydrogens is 308 g/mol. The standard InChI is InChI=1S/C17H26N4O3/c1-3-24-14-5-4-10-21(12-14)17(23)18-9-8-16(22)20-15-7-6-13(2)11-19-15/h6-7,11,14H,3-5,8-10,12H2,1-2H3,(H,18,23)(H,19,20,22). The molecule has 1 fully saturated rings. The number of amides is 3. The first-order valence-corrected chi connectivity index (χ1v) is 8.45. The van der Waals surface area contributed by atoms with Gasteiger partial charge in [0.15, 0.2) is 0 Å². The number of hydrogen-bond donors (Lipinski definition) is 2. The van der Waals surface area contributed by atoms with Crippen LogP contribution in [-0.4, -0.2) is 54.2 Å². The number of aromatic nitrogens is 1. The van der Waals surface area contributed by atoms with Crippen molar-refractivity contribution in [3.8, 4) is 0 Å². The molecule has 3 amide bonds. The van der Waals surface area contributed by atoms with Gasteiger partial charge >= 0.3 is 6.03 Å². The molecule has 2 rings (SSSR count). The normalized spacial score (nSPS) is 17.4. The lowest BCUT2D eigenvalue weighted by Crippen LogP contribution is -2.48. The zero-order chi connectivity index (χ0) is 17.4. The molecule has 0 radical (unpaired) electrons. The smallest absolute Gasteiger partial charge is 0.317 e. The second-order valence-electron chi connectivity index (χ2n) is 5.92. The highest BCUT2D eigenvalue weighted by Crippen LogP contribution is 2.13. The van der Waals surface area contributed by atoms with Crippen molar-refractivity contribution in [3.05, 3.63) is 23.9 Å². The highest BCUT2D eigenvalue weighted by atomic mass is 16.5. The van der Waals surface area contributed by atoms with E-state index in [2.05, 4.69) is 15.6 Å². The van der Waals surface area contributed by atoms with Crippen molar-refractivity contribution in [2.24, 2.45) is 0 Å². The molecule has 0 bridgehead atoms. The summed E-state index contributed by atoms with van der Waals surface area (Å²) >= 11 is 0. The number of rotatable bonds is 6. The molecular formula is C17H26N4O3. The van der Waals surface area contributed by atoms with Crippen LogP contribution in [0.4, 0.5) is 10.6 Å². The largest absolute Gasteiger partial charge is 0.377 e. The van der Waals surface area contributed by atoms with Crippen LogP contribution in [0, 0.1) is 6.92 Å². The molecule has 0 spiro atoms. The molecule has 1 aliphatic heterocycles. The van der Waals surface area contributed by atoms with Gasteiger partial charge in [-0.1, -0.05) is 6.07 Å². The number of hydrogen-bond acceptors (Lipinski definition) is 4. The fourth-order valence-electron chi connectivity index (χ4n) is 2.64. The van der Waals surface area contributed by atoms with Crippen LogP contribution in [0.25, 0.3) is 0 Å². The van der Waals surface area contributed by atoms with E-state index in [1.807, 2.05) is 19.9 Å². The van der Waals surface area contributed by atoms with Crippen LogP contribution in [0.15, 0.2) is 18.3 Å². The number of ether oxygens (including phenoxy) is 1. The molecule has 1 aromatic heterocycles. The van der Waals surface area contributed by atoms with Crippen LogP contribution in [-0.2, 0) is 9.53 Å². The Bertz CT molecular complexity index is 545. The van der Waals surface area contributed by atoms with Crippen molar-refractivity contribution in [3.63, 3.8) is 0 Å². The Morgan fingerprint density at radius 3 is 2.96 bits per heavy atom. The molecule has 7 heteroatoms. The van der Waals surface area contributed by atoms with E-state index < -0.39 is 0 Å². The third kappa shape index (κ3) is 5.81. The van der Waals surface area contributed by atoms with E-state index >= 15 is 0 Å². The van der Waals surface area contributed by atoms with Gasteiger partial charge in [0.25, 0.3) is 0 Å². The molecule has 7 nitrogen and oxygen atoms in total. The molecule has 1 aromatic rings. The average Bonchev–Trinajstić information content (AvgIpc) is 2.57. The van der Waals surface area contributed by atoms with Gasteiger partial charge in [-0.05, 0) is 38.3 Å². The van der Waals surface area contributed by atoms with Crippen LogP contribution in [0.3, 0.4) is 0 Å². The summed E-state index contributed by atoms with van der Waals surface area (Å²) < 4.78 is 5.59. The molecule has 1 saturated heterocycles. The number of aryl methyl sites for hydroxylation is 1. The predicted octanol–water partition coefficient (Wildman–Crippen LogP) is 1.93. The molecule has 1 unspecified atom stereocenters. The zero-order valence-corrected chi connectivity index (χ0v) is 14.4. The average molecular weight is 334 g/mol. The van der Waals surface area contributed by atoms with Gasteiger partial charge in [0.1, 0.15) is 5.82 Å². The number of carbonyl (C=O) groups is 2. The minimum Gasteiger partial charge on any atom is -0.377 e. The van der Waals surface area contributed by atoms with Crippen molar-refractivity contribution in [2.45, 2.75) is 39.2 Å². The van der Waals surface area contributed by atoms with Gasteiger partial charge in [-0.2, -0.15) is 0 Å². The maximum atomic E-state index is 12.1. The number of pyridine rings is 1. The quantitative estimate of drug-likeness (QED) is 0.832. The molecule has 0 aliphatic carbocycles. The van der Waals surface area contributed by atoms with Crippen molar-refractivity contribution in [2.75, 3.05) is 31.6 Å². The fraction of sp³-hybridized carbons (Fsp3) is 0.588. The van der Waals surface area contributed by atoms with Crippen LogP contribution < -0.4 is 10.6 Å². The number of piperidine rings is 1. The Labute approximate surface area is 142 Å². The van der Waals surface area contributed by atoms with Gasteiger partial charge in [0.2, 0.25) is 5.91 Å². The lowest BCUT2D eigenvalue weighted by atomic mass is 10.1. The molecule has 2 N–H and O–H groups in total. The third-order valence-electron chi connectivity index (χ3n) is 3.87. The van der Waals surface area contributed by atoms with Gasteiger partial charge < -0.3 is 20.3 Å². The van der Waals surface area contributed by atoms with E-state index in [1.165, 1.54) is 0 Å². The first kappa shape index (κ1) is 18.2. The number of urea groups is 1. The molecule has 24 heavy (non-hydrogen) atoms. The summed E-state index contributed by atoms with van der Waals surface area (Å²) in [6, 6.07) is 3.50. The Kier molecular flexibility index (Phi) is 6.99. The molecule has 1 atom stereocenters. The minimum atomic E-state index is -0.169. The second-order valence-corrected chi connectivity index (χ2v) is 5.92. The Hall–Kier alpha value is -2.15. The summed E-state index contributed by atoms with van der Waals surface area (Å²) in [4.78, 5) is 29.9. The van der Waals surface area contributed by atoms with Gasteiger partial charge in [-0.3, -0.25) is 4.79 Å². The second kappa shape index (κ2) is 9.22. The monoisotopic (exact) mass is 334 g/mol. The lowest BCUT2D eigenvalue weighted by Gasteiger charge is -2.32. The van der Waals surface area contributed by atoms with E-state index in [4.69, 9.17) is 4.74 Å². The Balaban J connectivity index is 1.68. The first-order valence-electron chi connectivity index (χ1n) is 8.45. The SMILES string of the molecule is CCOC1CCCN(C(=O)NCCC(=O)Nc2ccc(C)cn2)C1. The number of nitrogens with zero attached hydrogens (tertiary/aromatic N) is 2.